The summed E-state index contributed by atoms with van der Waals surface area (Å²) in [5.74, 6) is -1.41. The highest BCUT2D eigenvalue weighted by molar-refractivity contribution is 5.85. The first-order chi connectivity index (χ1) is 7.59. The van der Waals surface area contributed by atoms with Gasteiger partial charge in [-0.05, 0) is 12.1 Å². The predicted octanol–water partition coefficient (Wildman–Crippen LogP) is 1.40. The monoisotopic (exact) mass is 261 g/mol. The minimum atomic E-state index is -0.585. The van der Waals surface area contributed by atoms with Crippen LogP contribution >= 0.6 is 12.4 Å². The van der Waals surface area contributed by atoms with Crippen LogP contribution in [0.25, 0.3) is 0 Å². The van der Waals surface area contributed by atoms with Crippen LogP contribution in [0.4, 0.5) is 4.79 Å². The van der Waals surface area contributed by atoms with Crippen LogP contribution in [0.5, 0.6) is 17.2 Å². The second-order valence-corrected chi connectivity index (χ2v) is 3.49. The fraction of sp³-hybridized carbons (Fsp3) is 0.300. The van der Waals surface area contributed by atoms with Crippen LogP contribution in [-0.4, -0.2) is 28.0 Å². The molecule has 1 fully saturated rings. The number of alkyl carbamates (subject to hydrolysis) is 1. The number of carbonyl (C=O) groups excluding carboxylic acids is 1. The van der Waals surface area contributed by atoms with Gasteiger partial charge in [-0.3, -0.25) is 0 Å². The lowest BCUT2D eigenvalue weighted by atomic mass is 10.0. The number of ether oxygens (including phenoxy) is 1. The normalized spacial score (nSPS) is 18.8. The molecule has 94 valence electrons. The molecule has 0 aromatic heterocycles. The summed E-state index contributed by atoms with van der Waals surface area (Å²) in [5.41, 5.74) is 0.354. The van der Waals surface area contributed by atoms with Crippen LogP contribution in [0.1, 0.15) is 18.0 Å². The van der Waals surface area contributed by atoms with E-state index in [1.807, 2.05) is 0 Å². The number of cyclic esters (lactones) is 1. The Labute approximate surface area is 103 Å². The third-order valence-electron chi connectivity index (χ3n) is 2.47. The molecule has 0 bridgehead atoms. The molecule has 0 unspecified atom stereocenters. The van der Waals surface area contributed by atoms with E-state index in [1.165, 1.54) is 12.1 Å². The first-order valence-corrected chi connectivity index (χ1v) is 4.76. The van der Waals surface area contributed by atoms with Crippen molar-refractivity contribution in [3.8, 4) is 17.2 Å². The molecule has 0 spiro atoms. The van der Waals surface area contributed by atoms with Crippen LogP contribution in [0.3, 0.4) is 0 Å². The Bertz CT molecular complexity index is 437. The maximum atomic E-state index is 11.0. The molecule has 1 aliphatic heterocycles. The highest BCUT2D eigenvalue weighted by Crippen LogP contribution is 2.40. The summed E-state index contributed by atoms with van der Waals surface area (Å²) in [4.78, 5) is 11.0. The first-order valence-electron chi connectivity index (χ1n) is 4.76. The van der Waals surface area contributed by atoms with Crippen LogP contribution in [0.2, 0.25) is 0 Å². The van der Waals surface area contributed by atoms with Gasteiger partial charge in [-0.2, -0.15) is 0 Å². The molecule has 1 saturated heterocycles. The van der Waals surface area contributed by atoms with Crippen molar-refractivity contribution in [2.75, 3.05) is 6.61 Å². The molecule has 6 nitrogen and oxygen atoms in total. The minimum Gasteiger partial charge on any atom is -0.504 e. The van der Waals surface area contributed by atoms with E-state index in [-0.39, 0.29) is 19.0 Å². The molecule has 1 aromatic carbocycles. The van der Waals surface area contributed by atoms with Crippen LogP contribution in [0.15, 0.2) is 12.1 Å². The van der Waals surface area contributed by atoms with Gasteiger partial charge >= 0.3 is 6.09 Å². The number of benzene rings is 1. The number of halogens is 1. The summed E-state index contributed by atoms with van der Waals surface area (Å²) in [6.07, 6.45) is -0.0769. The zero-order valence-electron chi connectivity index (χ0n) is 8.71. The number of rotatable bonds is 1. The summed E-state index contributed by atoms with van der Waals surface area (Å²) < 4.78 is 4.68. The zero-order valence-corrected chi connectivity index (χ0v) is 9.53. The fourth-order valence-electron chi connectivity index (χ4n) is 1.62. The minimum absolute atomic E-state index is 0. The molecule has 1 atom stereocenters. The number of hydrogen-bond donors (Lipinski definition) is 4. The van der Waals surface area contributed by atoms with Gasteiger partial charge in [0.25, 0.3) is 0 Å². The maximum absolute atomic E-state index is 11.0. The van der Waals surface area contributed by atoms with Gasteiger partial charge in [-0.15, -0.1) is 12.4 Å². The van der Waals surface area contributed by atoms with Crippen molar-refractivity contribution in [2.45, 2.75) is 12.5 Å². The standard InChI is InChI=1S/C10H11NO5.ClH/c12-7-2-1-5(8(13)9(7)14)6-3-4-16-10(15)11-6;/h1-2,6,12-14H,3-4H2,(H,11,15);1H/t6-;/m1./s1. The largest absolute Gasteiger partial charge is 0.504 e. The average Bonchev–Trinajstić information content (AvgIpc) is 2.26. The summed E-state index contributed by atoms with van der Waals surface area (Å²) in [6.45, 7) is 0.248. The van der Waals surface area contributed by atoms with E-state index in [0.29, 0.717) is 12.0 Å². The van der Waals surface area contributed by atoms with E-state index in [9.17, 15) is 15.0 Å². The molecule has 4 N–H and O–H groups in total. The maximum Gasteiger partial charge on any atom is 0.407 e. The van der Waals surface area contributed by atoms with Gasteiger partial charge in [0.2, 0.25) is 5.75 Å². The van der Waals surface area contributed by atoms with E-state index in [0.717, 1.165) is 0 Å². The van der Waals surface area contributed by atoms with E-state index in [4.69, 9.17) is 5.11 Å². The highest BCUT2D eigenvalue weighted by atomic mass is 35.5. The summed E-state index contributed by atoms with van der Waals surface area (Å²) in [5, 5.41) is 30.6. The Kier molecular flexibility index (Phi) is 3.90. The topological polar surface area (TPSA) is 99.0 Å². The summed E-state index contributed by atoms with van der Waals surface area (Å²) >= 11 is 0. The van der Waals surface area contributed by atoms with Crippen LogP contribution in [-0.2, 0) is 4.74 Å². The van der Waals surface area contributed by atoms with E-state index >= 15 is 0 Å². The second kappa shape index (κ2) is 5.01. The molecule has 1 amide bonds. The van der Waals surface area contributed by atoms with E-state index < -0.39 is 29.4 Å². The van der Waals surface area contributed by atoms with Crippen molar-refractivity contribution in [3.63, 3.8) is 0 Å². The number of amides is 1. The van der Waals surface area contributed by atoms with Gasteiger partial charge < -0.3 is 25.4 Å². The molecule has 17 heavy (non-hydrogen) atoms. The Morgan fingerprint density at radius 2 is 1.94 bits per heavy atom. The zero-order chi connectivity index (χ0) is 11.7. The molecule has 0 radical (unpaired) electrons. The molecule has 7 heteroatoms. The van der Waals surface area contributed by atoms with E-state index in [1.54, 1.807) is 0 Å². The molecule has 0 saturated carbocycles. The van der Waals surface area contributed by atoms with Gasteiger partial charge in [-0.1, -0.05) is 0 Å². The number of aromatic hydroxyl groups is 3. The Hall–Kier alpha value is -1.82. The number of hydrogen-bond acceptors (Lipinski definition) is 5. The lowest BCUT2D eigenvalue weighted by Crippen LogP contribution is -2.35. The van der Waals surface area contributed by atoms with Gasteiger partial charge in [0.05, 0.1) is 12.6 Å². The molecular weight excluding hydrogens is 250 g/mol. The van der Waals surface area contributed by atoms with Crippen molar-refractivity contribution in [3.05, 3.63) is 17.7 Å². The molecule has 1 aromatic rings. The number of phenolic OH excluding ortho intramolecular Hbond substituents is 3. The summed E-state index contributed by atoms with van der Waals surface area (Å²) in [6, 6.07) is 2.28. The molecule has 1 aliphatic rings. The quantitative estimate of drug-likeness (QED) is 0.573. The third kappa shape index (κ3) is 2.47. The highest BCUT2D eigenvalue weighted by Gasteiger charge is 2.25. The van der Waals surface area contributed by atoms with Gasteiger partial charge in [-0.25, -0.2) is 4.79 Å². The molecule has 2 rings (SSSR count). The molecule has 0 aliphatic carbocycles. The average molecular weight is 262 g/mol. The lowest BCUT2D eigenvalue weighted by Gasteiger charge is -2.24. The van der Waals surface area contributed by atoms with Gasteiger partial charge in [0, 0.05) is 12.0 Å². The smallest absolute Gasteiger partial charge is 0.407 e. The Balaban J connectivity index is 0.00000144. The summed E-state index contributed by atoms with van der Waals surface area (Å²) in [7, 11) is 0. The van der Waals surface area contributed by atoms with E-state index in [2.05, 4.69) is 10.1 Å². The Morgan fingerprint density at radius 1 is 1.24 bits per heavy atom. The first kappa shape index (κ1) is 13.2. The van der Waals surface area contributed by atoms with Crippen molar-refractivity contribution in [2.24, 2.45) is 0 Å². The third-order valence-corrected chi connectivity index (χ3v) is 2.47. The van der Waals surface area contributed by atoms with Crippen molar-refractivity contribution in [1.82, 2.24) is 5.32 Å². The van der Waals surface area contributed by atoms with Crippen LogP contribution < -0.4 is 5.32 Å². The van der Waals surface area contributed by atoms with Crippen LogP contribution in [0, 0.1) is 0 Å². The number of carbonyl (C=O) groups is 1. The van der Waals surface area contributed by atoms with Gasteiger partial charge in [0.15, 0.2) is 11.5 Å². The number of nitrogens with one attached hydrogen (secondary N) is 1. The second-order valence-electron chi connectivity index (χ2n) is 3.49. The fourth-order valence-corrected chi connectivity index (χ4v) is 1.62. The van der Waals surface area contributed by atoms with Crippen molar-refractivity contribution < 1.29 is 24.9 Å². The molecule has 1 heterocycles. The number of phenols is 3. The van der Waals surface area contributed by atoms with Crippen molar-refractivity contribution >= 4 is 18.5 Å². The SMILES string of the molecule is Cl.O=C1N[C@@H](c2ccc(O)c(O)c2O)CCO1. The van der Waals surface area contributed by atoms with Crippen molar-refractivity contribution in [1.29, 1.82) is 0 Å². The predicted molar refractivity (Wildman–Crippen MR) is 60.5 cm³/mol. The Morgan fingerprint density at radius 3 is 2.59 bits per heavy atom. The molecular formula is C10H12ClNO5. The lowest BCUT2D eigenvalue weighted by molar-refractivity contribution is 0.115. The van der Waals surface area contributed by atoms with Gasteiger partial charge in [0.1, 0.15) is 0 Å².